The highest BCUT2D eigenvalue weighted by atomic mass is 19.3. The predicted octanol–water partition coefficient (Wildman–Crippen LogP) is 1.72. The van der Waals surface area contributed by atoms with Gasteiger partial charge in [-0.15, -0.1) is 0 Å². The highest BCUT2D eigenvalue weighted by Gasteiger charge is 2.16. The number of allylic oxidation sites excluding steroid dienone is 2. The van der Waals surface area contributed by atoms with Crippen LogP contribution in [0.25, 0.3) is 0 Å². The average molecular weight is 189 g/mol. The molecule has 0 aliphatic heterocycles. The first-order valence-corrected chi connectivity index (χ1v) is 4.41. The number of carbonyl (C=O) groups is 1. The molecule has 0 saturated heterocycles. The second-order valence-electron chi connectivity index (χ2n) is 3.20. The summed E-state index contributed by atoms with van der Waals surface area (Å²) in [4.78, 5) is 10.5. The van der Waals surface area contributed by atoms with Crippen LogP contribution in [0.4, 0.5) is 8.78 Å². The van der Waals surface area contributed by atoms with Gasteiger partial charge in [-0.3, -0.25) is 4.79 Å². The Labute approximate surface area is 76.0 Å². The van der Waals surface area contributed by atoms with Gasteiger partial charge in [0, 0.05) is 6.54 Å². The molecule has 0 saturated carbocycles. The summed E-state index contributed by atoms with van der Waals surface area (Å²) >= 11 is 0. The van der Waals surface area contributed by atoms with Crippen molar-refractivity contribution in [3.05, 3.63) is 12.2 Å². The van der Waals surface area contributed by atoms with Gasteiger partial charge < -0.3 is 5.32 Å². The van der Waals surface area contributed by atoms with Crippen molar-refractivity contribution >= 4 is 5.91 Å². The van der Waals surface area contributed by atoms with E-state index in [1.807, 2.05) is 6.08 Å². The van der Waals surface area contributed by atoms with E-state index in [1.165, 1.54) is 0 Å². The Hall–Kier alpha value is -0.930. The lowest BCUT2D eigenvalue weighted by molar-refractivity contribution is -0.131. The van der Waals surface area contributed by atoms with E-state index in [0.717, 1.165) is 19.3 Å². The summed E-state index contributed by atoms with van der Waals surface area (Å²) in [5.74, 6) is -0.831. The van der Waals surface area contributed by atoms with Gasteiger partial charge in [-0.05, 0) is 25.2 Å². The van der Waals surface area contributed by atoms with Crippen molar-refractivity contribution in [2.75, 3.05) is 6.54 Å². The van der Waals surface area contributed by atoms with Crippen LogP contribution in [0.1, 0.15) is 19.3 Å². The van der Waals surface area contributed by atoms with E-state index in [-0.39, 0.29) is 0 Å². The van der Waals surface area contributed by atoms with Gasteiger partial charge in [0.05, 0.1) is 0 Å². The molecule has 0 aromatic rings. The quantitative estimate of drug-likeness (QED) is 0.673. The summed E-state index contributed by atoms with van der Waals surface area (Å²) in [6, 6.07) is 0. The van der Waals surface area contributed by atoms with Gasteiger partial charge in [0.1, 0.15) is 0 Å². The molecule has 1 aliphatic rings. The molecule has 1 amide bonds. The van der Waals surface area contributed by atoms with Crippen molar-refractivity contribution in [2.24, 2.45) is 5.92 Å². The average Bonchev–Trinajstić information content (AvgIpc) is 2.15. The summed E-state index contributed by atoms with van der Waals surface area (Å²) in [6.45, 7) is 0.369. The molecule has 74 valence electrons. The minimum Gasteiger partial charge on any atom is -0.351 e. The number of hydrogen-bond acceptors (Lipinski definition) is 1. The molecule has 1 unspecified atom stereocenters. The van der Waals surface area contributed by atoms with E-state index < -0.39 is 12.3 Å². The molecule has 4 heteroatoms. The van der Waals surface area contributed by atoms with Gasteiger partial charge in [0.25, 0.3) is 5.91 Å². The number of alkyl halides is 2. The third kappa shape index (κ3) is 3.53. The number of nitrogens with one attached hydrogen (secondary N) is 1. The molecule has 0 aromatic carbocycles. The van der Waals surface area contributed by atoms with Crippen LogP contribution in [0.15, 0.2) is 12.2 Å². The maximum Gasteiger partial charge on any atom is 0.315 e. The van der Waals surface area contributed by atoms with E-state index in [1.54, 1.807) is 0 Å². The summed E-state index contributed by atoms with van der Waals surface area (Å²) in [6.07, 6.45) is 4.05. The Morgan fingerprint density at radius 2 is 2.31 bits per heavy atom. The van der Waals surface area contributed by atoms with Crippen molar-refractivity contribution in [2.45, 2.75) is 25.7 Å². The van der Waals surface area contributed by atoms with E-state index in [4.69, 9.17) is 0 Å². The molecule has 1 aliphatic carbocycles. The molecule has 0 spiro atoms. The fourth-order valence-corrected chi connectivity index (χ4v) is 1.36. The first-order chi connectivity index (χ1) is 6.20. The Bertz CT molecular complexity index is 204. The van der Waals surface area contributed by atoms with Crippen LogP contribution >= 0.6 is 0 Å². The van der Waals surface area contributed by atoms with Gasteiger partial charge in [-0.1, -0.05) is 12.2 Å². The van der Waals surface area contributed by atoms with Crippen LogP contribution in [0.5, 0.6) is 0 Å². The van der Waals surface area contributed by atoms with Crippen LogP contribution in [0.3, 0.4) is 0 Å². The van der Waals surface area contributed by atoms with Crippen molar-refractivity contribution in [1.82, 2.24) is 5.32 Å². The monoisotopic (exact) mass is 189 g/mol. The highest BCUT2D eigenvalue weighted by molar-refractivity contribution is 5.79. The number of rotatable bonds is 3. The maximum atomic E-state index is 11.8. The smallest absolute Gasteiger partial charge is 0.315 e. The second-order valence-corrected chi connectivity index (χ2v) is 3.20. The van der Waals surface area contributed by atoms with Crippen LogP contribution < -0.4 is 5.32 Å². The van der Waals surface area contributed by atoms with Crippen LogP contribution in [0, 0.1) is 5.92 Å². The highest BCUT2D eigenvalue weighted by Crippen LogP contribution is 2.16. The molecule has 13 heavy (non-hydrogen) atoms. The van der Waals surface area contributed by atoms with Gasteiger partial charge in [0.2, 0.25) is 0 Å². The zero-order chi connectivity index (χ0) is 9.68. The zero-order valence-electron chi connectivity index (χ0n) is 7.30. The molecule has 0 radical (unpaired) electrons. The molecular formula is C9H13F2NO. The Balaban J connectivity index is 2.18. The molecule has 2 nitrogen and oxygen atoms in total. The largest absolute Gasteiger partial charge is 0.351 e. The third-order valence-electron chi connectivity index (χ3n) is 2.14. The van der Waals surface area contributed by atoms with Crippen molar-refractivity contribution in [3.63, 3.8) is 0 Å². The fraction of sp³-hybridized carbons (Fsp3) is 0.667. The van der Waals surface area contributed by atoms with Gasteiger partial charge in [-0.25, -0.2) is 0 Å². The molecule has 0 bridgehead atoms. The molecule has 0 fully saturated rings. The minimum atomic E-state index is -2.89. The molecular weight excluding hydrogens is 176 g/mol. The number of halogens is 2. The van der Waals surface area contributed by atoms with Gasteiger partial charge in [-0.2, -0.15) is 8.78 Å². The zero-order valence-corrected chi connectivity index (χ0v) is 7.30. The van der Waals surface area contributed by atoms with Crippen LogP contribution in [-0.4, -0.2) is 18.9 Å². The topological polar surface area (TPSA) is 29.1 Å². The van der Waals surface area contributed by atoms with E-state index in [9.17, 15) is 13.6 Å². The Morgan fingerprint density at radius 1 is 1.54 bits per heavy atom. The Kier molecular flexibility index (Phi) is 3.86. The van der Waals surface area contributed by atoms with Crippen molar-refractivity contribution in [3.8, 4) is 0 Å². The predicted molar refractivity (Wildman–Crippen MR) is 45.5 cm³/mol. The fourth-order valence-electron chi connectivity index (χ4n) is 1.36. The molecule has 0 aromatic heterocycles. The van der Waals surface area contributed by atoms with Crippen molar-refractivity contribution < 1.29 is 13.6 Å². The van der Waals surface area contributed by atoms with E-state index >= 15 is 0 Å². The summed E-state index contributed by atoms with van der Waals surface area (Å²) in [5, 5.41) is 2.23. The van der Waals surface area contributed by atoms with Crippen molar-refractivity contribution in [1.29, 1.82) is 0 Å². The maximum absolute atomic E-state index is 11.8. The number of hydrogen-bond donors (Lipinski definition) is 1. The van der Waals surface area contributed by atoms with Gasteiger partial charge >= 0.3 is 6.43 Å². The Morgan fingerprint density at radius 3 is 2.85 bits per heavy atom. The third-order valence-corrected chi connectivity index (χ3v) is 2.14. The number of amides is 1. The number of carbonyl (C=O) groups excluding carboxylic acids is 1. The van der Waals surface area contributed by atoms with Crippen LogP contribution in [0.2, 0.25) is 0 Å². The van der Waals surface area contributed by atoms with E-state index in [2.05, 4.69) is 11.4 Å². The SMILES string of the molecule is O=C(NCC1CC=CCC1)C(F)F. The molecule has 1 atom stereocenters. The first-order valence-electron chi connectivity index (χ1n) is 4.41. The second kappa shape index (κ2) is 4.94. The summed E-state index contributed by atoms with van der Waals surface area (Å²) < 4.78 is 23.5. The molecule has 1 N–H and O–H groups in total. The lowest BCUT2D eigenvalue weighted by Crippen LogP contribution is -2.33. The summed E-state index contributed by atoms with van der Waals surface area (Å²) in [7, 11) is 0. The molecule has 1 rings (SSSR count). The molecule has 0 heterocycles. The van der Waals surface area contributed by atoms with Crippen LogP contribution in [-0.2, 0) is 4.79 Å². The van der Waals surface area contributed by atoms with Gasteiger partial charge in [0.15, 0.2) is 0 Å². The first kappa shape index (κ1) is 10.2. The standard InChI is InChI=1S/C9H13F2NO/c10-8(11)9(13)12-6-7-4-2-1-3-5-7/h1-2,7-8H,3-6H2,(H,12,13). The lowest BCUT2D eigenvalue weighted by atomic mass is 9.94. The normalized spacial score (nSPS) is 21.9. The summed E-state index contributed by atoms with van der Waals surface area (Å²) in [5.41, 5.74) is 0. The minimum absolute atomic E-state index is 0.327. The van der Waals surface area contributed by atoms with E-state index in [0.29, 0.717) is 12.5 Å². The lowest BCUT2D eigenvalue weighted by Gasteiger charge is -2.17.